The van der Waals surface area contributed by atoms with E-state index < -0.39 is 0 Å². The van der Waals surface area contributed by atoms with Gasteiger partial charge in [-0.3, -0.25) is 0 Å². The van der Waals surface area contributed by atoms with E-state index in [0.29, 0.717) is 0 Å². The van der Waals surface area contributed by atoms with Gasteiger partial charge in [0.1, 0.15) is 0 Å². The summed E-state index contributed by atoms with van der Waals surface area (Å²) in [6.07, 6.45) is 0. The van der Waals surface area contributed by atoms with Gasteiger partial charge in [0.25, 0.3) is 0 Å². The third-order valence-electron chi connectivity index (χ3n) is 0.0333. The van der Waals surface area contributed by atoms with E-state index in [2.05, 4.69) is 10.1 Å². The zero-order valence-corrected chi connectivity index (χ0v) is 8.83. The second kappa shape index (κ2) is 15.6. The summed E-state index contributed by atoms with van der Waals surface area (Å²) >= 11 is 0. The van der Waals surface area contributed by atoms with Crippen LogP contribution in [0, 0.1) is 0 Å². The number of hydrogen-bond acceptors (Lipinski definition) is 4. The molecule has 0 bridgehead atoms. The molecule has 0 aromatic heterocycles. The molecule has 0 heterocycles. The van der Waals surface area contributed by atoms with Gasteiger partial charge in [-0.2, -0.15) is 0 Å². The molecule has 0 unspecified atom stereocenters. The summed E-state index contributed by atoms with van der Waals surface area (Å²) in [5, 5.41) is 19.0. The molecule has 0 aliphatic carbocycles. The second-order valence-corrected chi connectivity index (χ2v) is 0.149. The first-order valence-corrected chi connectivity index (χ1v) is 0.532. The van der Waals surface area contributed by atoms with Crippen LogP contribution in [-0.4, -0.2) is 10.5 Å². The maximum atomic E-state index is 6.90. The Morgan fingerprint density at radius 2 is 1.33 bits per heavy atom. The zero-order chi connectivity index (χ0) is 3.41. The van der Waals surface area contributed by atoms with Crippen LogP contribution >= 0.6 is 0 Å². The molecule has 0 saturated heterocycles. The van der Waals surface area contributed by atoms with Crippen molar-refractivity contribution in [3.05, 3.63) is 0 Å². The van der Waals surface area contributed by atoms with Gasteiger partial charge in [0, 0.05) is 0 Å². The summed E-state index contributed by atoms with van der Waals surface area (Å²) in [4.78, 5) is 0. The molecule has 2 N–H and O–H groups in total. The molecule has 6 heteroatoms. The largest absolute Gasteiger partial charge is 1.00 e. The molecule has 0 fully saturated rings. The SMILES string of the molecule is OOOO.[H-].[H-].[K+].[Na+]. The van der Waals surface area contributed by atoms with E-state index in [1.165, 1.54) is 0 Å². The van der Waals surface area contributed by atoms with Crippen LogP contribution in [0.2, 0.25) is 0 Å². The topological polar surface area (TPSA) is 58.9 Å². The molecule has 0 atom stereocenters. The molecule has 30 valence electrons. The fourth-order valence-electron chi connectivity index (χ4n) is 0. The van der Waals surface area contributed by atoms with Gasteiger partial charge in [-0.25, -0.2) is 10.5 Å². The predicted molar refractivity (Wildman–Crippen MR) is 9.65 cm³/mol. The van der Waals surface area contributed by atoms with Gasteiger partial charge in [0.05, 0.1) is 0 Å². The minimum absolute atomic E-state index is 0. The maximum absolute atomic E-state index is 6.90. The molecule has 0 rings (SSSR count). The van der Waals surface area contributed by atoms with Crippen LogP contribution < -0.4 is 80.9 Å². The first kappa shape index (κ1) is 15.8. The molecule has 0 aliphatic rings. The Balaban J connectivity index is -0.00000000750. The third-order valence-corrected chi connectivity index (χ3v) is 0.0333. The predicted octanol–water partition coefficient (Wildman–Crippen LogP) is -5.89. The van der Waals surface area contributed by atoms with Gasteiger partial charge in [-0.15, -0.1) is 0 Å². The van der Waals surface area contributed by atoms with Crippen molar-refractivity contribution in [2.75, 3.05) is 0 Å². The molecule has 0 amide bonds. The summed E-state index contributed by atoms with van der Waals surface area (Å²) in [5.41, 5.74) is 0. The molecule has 6 heavy (non-hydrogen) atoms. The fraction of sp³-hybridized carbons (Fsp3) is 0. The Kier molecular flexibility index (Phi) is 41.2. The standard InChI is InChI=1S/K.Na.H2O4.2H/c;;1-3-4-2;;/h;;1-2H;;/q2*+1;;2*-1. The van der Waals surface area contributed by atoms with Crippen molar-refractivity contribution in [3.8, 4) is 0 Å². The van der Waals surface area contributed by atoms with Crippen molar-refractivity contribution in [1.29, 1.82) is 0 Å². The van der Waals surface area contributed by atoms with Crippen LogP contribution in [0.4, 0.5) is 0 Å². The molecule has 0 spiro atoms. The van der Waals surface area contributed by atoms with Gasteiger partial charge in [-0.1, -0.05) is 0 Å². The second-order valence-electron chi connectivity index (χ2n) is 0.149. The first-order chi connectivity index (χ1) is 1.91. The molecule has 0 aromatic rings. The molecule has 0 aliphatic heterocycles. The van der Waals surface area contributed by atoms with E-state index in [0.717, 1.165) is 0 Å². The Labute approximate surface area is 102 Å². The van der Waals surface area contributed by atoms with Crippen LogP contribution in [0.1, 0.15) is 2.85 Å². The summed E-state index contributed by atoms with van der Waals surface area (Å²) in [5.74, 6) is 0. The van der Waals surface area contributed by atoms with Gasteiger partial charge in [0.15, 0.2) is 0 Å². The number of hydrogen-bond donors (Lipinski definition) is 2. The monoisotopic (exact) mass is 130 g/mol. The van der Waals surface area contributed by atoms with E-state index in [-0.39, 0.29) is 83.8 Å². The summed E-state index contributed by atoms with van der Waals surface area (Å²) in [6, 6.07) is 0. The van der Waals surface area contributed by atoms with Crippen LogP contribution in [0.25, 0.3) is 0 Å². The van der Waals surface area contributed by atoms with Crippen molar-refractivity contribution in [1.82, 2.24) is 0 Å². The van der Waals surface area contributed by atoms with Crippen molar-refractivity contribution in [2.45, 2.75) is 0 Å². The van der Waals surface area contributed by atoms with E-state index in [1.807, 2.05) is 0 Å². The number of rotatable bonds is 1. The Bertz CT molecular complexity index is 16.0. The van der Waals surface area contributed by atoms with Gasteiger partial charge >= 0.3 is 80.9 Å². The molecule has 0 aromatic carbocycles. The molecular formula is H4KNaO4. The summed E-state index contributed by atoms with van der Waals surface area (Å²) in [7, 11) is 0. The minimum Gasteiger partial charge on any atom is -1.00 e. The smallest absolute Gasteiger partial charge is 1.00 e. The molecule has 0 saturated carbocycles. The van der Waals surface area contributed by atoms with Crippen molar-refractivity contribution in [2.24, 2.45) is 0 Å². The normalized spacial score (nSPS) is 5.00. The van der Waals surface area contributed by atoms with Crippen LogP contribution in [-0.2, 0) is 10.1 Å². The molecule has 4 nitrogen and oxygen atoms in total. The maximum Gasteiger partial charge on any atom is 1.00 e. The Morgan fingerprint density at radius 1 is 1.17 bits per heavy atom. The fourth-order valence-corrected chi connectivity index (χ4v) is 0. The Hall–Kier alpha value is 2.48. The minimum atomic E-state index is 0. The van der Waals surface area contributed by atoms with E-state index in [4.69, 9.17) is 10.5 Å². The summed E-state index contributed by atoms with van der Waals surface area (Å²) in [6.45, 7) is 0. The van der Waals surface area contributed by atoms with Crippen molar-refractivity contribution < 1.29 is 104 Å². The average Bonchev–Trinajstić information content (AvgIpc) is 1.37. The van der Waals surface area contributed by atoms with Gasteiger partial charge < -0.3 is 2.85 Å². The van der Waals surface area contributed by atoms with E-state index in [1.54, 1.807) is 0 Å². The third kappa shape index (κ3) is 16.1. The van der Waals surface area contributed by atoms with E-state index in [9.17, 15) is 0 Å². The van der Waals surface area contributed by atoms with Crippen LogP contribution in [0.5, 0.6) is 0 Å². The van der Waals surface area contributed by atoms with Crippen molar-refractivity contribution >= 4 is 0 Å². The quantitative estimate of drug-likeness (QED) is 0.211. The molecule has 0 radical (unpaired) electrons. The van der Waals surface area contributed by atoms with Crippen molar-refractivity contribution in [3.63, 3.8) is 0 Å². The zero-order valence-electron chi connectivity index (χ0n) is 5.71. The first-order valence-electron chi connectivity index (χ1n) is 0.532. The average molecular weight is 130 g/mol. The molecular weight excluding hydrogens is 126 g/mol. The van der Waals surface area contributed by atoms with Crippen LogP contribution in [0.15, 0.2) is 0 Å². The Morgan fingerprint density at radius 3 is 1.33 bits per heavy atom. The van der Waals surface area contributed by atoms with E-state index >= 15 is 0 Å². The van der Waals surface area contributed by atoms with Gasteiger partial charge in [-0.05, 0) is 10.1 Å². The van der Waals surface area contributed by atoms with Crippen LogP contribution in [0.3, 0.4) is 0 Å². The van der Waals surface area contributed by atoms with Gasteiger partial charge in [0.2, 0.25) is 0 Å². The summed E-state index contributed by atoms with van der Waals surface area (Å²) < 4.78 is 0.